The molecule has 128 valence electrons. The summed E-state index contributed by atoms with van der Waals surface area (Å²) in [5.41, 5.74) is 3.43. The third-order valence-electron chi connectivity index (χ3n) is 4.48. The normalized spacial score (nSPS) is 18.0. The van der Waals surface area contributed by atoms with Crippen molar-refractivity contribution in [1.82, 2.24) is 19.7 Å². The molecule has 0 N–H and O–H groups in total. The van der Waals surface area contributed by atoms with Gasteiger partial charge in [0.2, 0.25) is 5.91 Å². The maximum absolute atomic E-state index is 12.5. The van der Waals surface area contributed by atoms with Crippen molar-refractivity contribution in [2.75, 3.05) is 18.8 Å². The zero-order valence-corrected chi connectivity index (χ0v) is 15.3. The summed E-state index contributed by atoms with van der Waals surface area (Å²) in [7, 11) is 0. The Morgan fingerprint density at radius 1 is 1.38 bits per heavy atom. The maximum atomic E-state index is 12.5. The second kappa shape index (κ2) is 7.38. The zero-order valence-electron chi connectivity index (χ0n) is 14.5. The second-order valence-electron chi connectivity index (χ2n) is 6.65. The Morgan fingerprint density at radius 3 is 3.00 bits per heavy atom. The molecular weight excluding hydrogens is 320 g/mol. The molecule has 0 radical (unpaired) electrons. The fourth-order valence-electron chi connectivity index (χ4n) is 3.10. The molecule has 3 rings (SSSR count). The number of rotatable bonds is 4. The number of aromatic nitrogens is 3. The van der Waals surface area contributed by atoms with E-state index in [1.54, 1.807) is 6.33 Å². The highest BCUT2D eigenvalue weighted by molar-refractivity contribution is 7.99. The Kier molecular flexibility index (Phi) is 5.23. The summed E-state index contributed by atoms with van der Waals surface area (Å²) < 4.78 is 1.97. The molecule has 1 fully saturated rings. The molecule has 1 amide bonds. The van der Waals surface area contributed by atoms with Gasteiger partial charge >= 0.3 is 0 Å². The van der Waals surface area contributed by atoms with Crippen LogP contribution in [-0.2, 0) is 4.79 Å². The highest BCUT2D eigenvalue weighted by Crippen LogP contribution is 2.24. The Bertz CT molecular complexity index is 728. The lowest BCUT2D eigenvalue weighted by molar-refractivity contribution is -0.130. The van der Waals surface area contributed by atoms with Crippen LogP contribution in [0.25, 0.3) is 5.69 Å². The van der Waals surface area contributed by atoms with Gasteiger partial charge in [-0.15, -0.1) is 10.2 Å². The maximum Gasteiger partial charge on any atom is 0.233 e. The van der Waals surface area contributed by atoms with Crippen molar-refractivity contribution in [2.45, 2.75) is 38.8 Å². The monoisotopic (exact) mass is 344 g/mol. The van der Waals surface area contributed by atoms with E-state index in [-0.39, 0.29) is 5.91 Å². The minimum atomic E-state index is 0.196. The van der Waals surface area contributed by atoms with Crippen LogP contribution in [0.3, 0.4) is 0 Å². The number of piperidine rings is 1. The second-order valence-corrected chi connectivity index (χ2v) is 7.59. The fourth-order valence-corrected chi connectivity index (χ4v) is 3.93. The molecule has 1 saturated heterocycles. The Balaban J connectivity index is 1.70. The first-order valence-corrected chi connectivity index (χ1v) is 9.41. The minimum absolute atomic E-state index is 0.196. The van der Waals surface area contributed by atoms with E-state index in [2.05, 4.69) is 49.2 Å². The van der Waals surface area contributed by atoms with E-state index in [0.29, 0.717) is 11.7 Å². The van der Waals surface area contributed by atoms with Crippen molar-refractivity contribution in [2.24, 2.45) is 5.92 Å². The van der Waals surface area contributed by atoms with Gasteiger partial charge in [0.25, 0.3) is 0 Å². The highest BCUT2D eigenvalue weighted by atomic mass is 32.2. The van der Waals surface area contributed by atoms with Gasteiger partial charge in [-0.1, -0.05) is 30.8 Å². The van der Waals surface area contributed by atoms with E-state index < -0.39 is 0 Å². The van der Waals surface area contributed by atoms with Crippen LogP contribution >= 0.6 is 11.8 Å². The third kappa shape index (κ3) is 3.80. The number of hydrogen-bond acceptors (Lipinski definition) is 4. The summed E-state index contributed by atoms with van der Waals surface area (Å²) in [4.78, 5) is 14.4. The van der Waals surface area contributed by atoms with E-state index in [1.807, 2.05) is 9.47 Å². The van der Waals surface area contributed by atoms with Crippen molar-refractivity contribution >= 4 is 17.7 Å². The Labute approximate surface area is 147 Å². The van der Waals surface area contributed by atoms with Crippen LogP contribution in [0.15, 0.2) is 29.7 Å². The van der Waals surface area contributed by atoms with Crippen LogP contribution in [0.1, 0.15) is 30.9 Å². The predicted molar refractivity (Wildman–Crippen MR) is 96.5 cm³/mol. The molecule has 1 atom stereocenters. The van der Waals surface area contributed by atoms with Gasteiger partial charge in [-0.2, -0.15) is 0 Å². The van der Waals surface area contributed by atoms with Crippen LogP contribution in [0.4, 0.5) is 0 Å². The summed E-state index contributed by atoms with van der Waals surface area (Å²) in [5, 5.41) is 9.01. The fraction of sp³-hybridized carbons (Fsp3) is 0.500. The van der Waals surface area contributed by atoms with Gasteiger partial charge in [0.15, 0.2) is 5.16 Å². The van der Waals surface area contributed by atoms with Crippen LogP contribution in [0.2, 0.25) is 0 Å². The number of carbonyl (C=O) groups excluding carboxylic acids is 1. The zero-order chi connectivity index (χ0) is 17.1. The van der Waals surface area contributed by atoms with Crippen molar-refractivity contribution in [3.05, 3.63) is 35.7 Å². The van der Waals surface area contributed by atoms with Crippen LogP contribution in [-0.4, -0.2) is 44.4 Å². The molecule has 0 spiro atoms. The molecule has 2 aromatic rings. The molecule has 1 aromatic heterocycles. The molecule has 0 unspecified atom stereocenters. The molecule has 1 aromatic carbocycles. The molecule has 24 heavy (non-hydrogen) atoms. The molecule has 5 nitrogen and oxygen atoms in total. The number of nitrogens with zero attached hydrogens (tertiary/aromatic N) is 4. The van der Waals surface area contributed by atoms with Crippen molar-refractivity contribution in [1.29, 1.82) is 0 Å². The lowest BCUT2D eigenvalue weighted by Gasteiger charge is -2.30. The number of carbonyl (C=O) groups is 1. The van der Waals surface area contributed by atoms with Crippen molar-refractivity contribution in [3.8, 4) is 5.69 Å². The summed E-state index contributed by atoms with van der Waals surface area (Å²) in [5.74, 6) is 1.21. The standard InChI is InChI=1S/C18H24N4OS/c1-13-6-7-15(3)16(9-13)22-12-19-20-18(22)24-11-17(23)21-8-4-5-14(2)10-21/h6-7,9,12,14H,4-5,8,10-11H2,1-3H3/t14-/m1/s1. The first-order chi connectivity index (χ1) is 11.5. The quantitative estimate of drug-likeness (QED) is 0.799. The van der Waals surface area contributed by atoms with Crippen molar-refractivity contribution < 1.29 is 4.79 Å². The van der Waals surface area contributed by atoms with Gasteiger partial charge in [0, 0.05) is 13.1 Å². The number of aryl methyl sites for hydroxylation is 2. The molecule has 0 bridgehead atoms. The Hall–Kier alpha value is -1.82. The molecule has 0 aliphatic carbocycles. The topological polar surface area (TPSA) is 51.0 Å². The van der Waals surface area contributed by atoms with Gasteiger partial charge in [-0.3, -0.25) is 9.36 Å². The number of hydrogen-bond donors (Lipinski definition) is 0. The van der Waals surface area contributed by atoms with Gasteiger partial charge in [0.1, 0.15) is 6.33 Å². The molecule has 6 heteroatoms. The number of amides is 1. The largest absolute Gasteiger partial charge is 0.342 e. The van der Waals surface area contributed by atoms with Gasteiger partial charge < -0.3 is 4.90 Å². The summed E-state index contributed by atoms with van der Waals surface area (Å²) in [6.07, 6.45) is 4.05. The smallest absolute Gasteiger partial charge is 0.233 e. The average Bonchev–Trinajstić information content (AvgIpc) is 3.03. The highest BCUT2D eigenvalue weighted by Gasteiger charge is 2.21. The SMILES string of the molecule is Cc1ccc(C)c(-n2cnnc2SCC(=O)N2CCC[C@@H](C)C2)c1. The van der Waals surface area contributed by atoms with E-state index in [4.69, 9.17) is 0 Å². The minimum Gasteiger partial charge on any atom is -0.342 e. The van der Waals surface area contributed by atoms with E-state index in [9.17, 15) is 4.79 Å². The molecule has 1 aliphatic rings. The number of thioether (sulfide) groups is 1. The molecule has 2 heterocycles. The number of benzene rings is 1. The molecular formula is C18H24N4OS. The molecule has 0 saturated carbocycles. The van der Waals surface area contributed by atoms with E-state index in [1.165, 1.54) is 29.3 Å². The van der Waals surface area contributed by atoms with Crippen LogP contribution < -0.4 is 0 Å². The predicted octanol–water partition coefficient (Wildman–Crippen LogP) is 3.23. The lowest BCUT2D eigenvalue weighted by atomic mass is 10.0. The first kappa shape index (κ1) is 17.0. The van der Waals surface area contributed by atoms with Crippen LogP contribution in [0, 0.1) is 19.8 Å². The van der Waals surface area contributed by atoms with Gasteiger partial charge in [-0.05, 0) is 49.8 Å². The summed E-state index contributed by atoms with van der Waals surface area (Å²) in [6, 6.07) is 6.31. The summed E-state index contributed by atoms with van der Waals surface area (Å²) >= 11 is 1.46. The molecule has 1 aliphatic heterocycles. The Morgan fingerprint density at radius 2 is 2.21 bits per heavy atom. The number of likely N-dealkylation sites (tertiary alicyclic amines) is 1. The summed E-state index contributed by atoms with van der Waals surface area (Å²) in [6.45, 7) is 8.12. The van der Waals surface area contributed by atoms with E-state index in [0.717, 1.165) is 30.4 Å². The first-order valence-electron chi connectivity index (χ1n) is 8.43. The van der Waals surface area contributed by atoms with Gasteiger partial charge in [0.05, 0.1) is 11.4 Å². The van der Waals surface area contributed by atoms with Gasteiger partial charge in [-0.25, -0.2) is 0 Å². The lowest BCUT2D eigenvalue weighted by Crippen LogP contribution is -2.40. The third-order valence-corrected chi connectivity index (χ3v) is 5.40. The van der Waals surface area contributed by atoms with E-state index >= 15 is 0 Å². The van der Waals surface area contributed by atoms with Crippen LogP contribution in [0.5, 0.6) is 0 Å². The average molecular weight is 344 g/mol. The van der Waals surface area contributed by atoms with Crippen molar-refractivity contribution in [3.63, 3.8) is 0 Å².